The third kappa shape index (κ3) is 5.77. The lowest BCUT2D eigenvalue weighted by atomic mass is 9.90. The SMILES string of the molecule is O=C(O)Cc1ccc(OCCN2CCC(C[C@@H]3C[C@H]3c3ccccc3)CC2)c(Cl)c1. The maximum Gasteiger partial charge on any atom is 0.307 e. The first-order chi connectivity index (χ1) is 14.6. The average molecular weight is 428 g/mol. The first-order valence-corrected chi connectivity index (χ1v) is 11.4. The fraction of sp³-hybridized carbons (Fsp3) is 0.480. The molecule has 2 fully saturated rings. The topological polar surface area (TPSA) is 49.8 Å². The smallest absolute Gasteiger partial charge is 0.307 e. The normalized spacial score (nSPS) is 22.0. The van der Waals surface area contributed by atoms with Crippen molar-refractivity contribution >= 4 is 17.6 Å². The summed E-state index contributed by atoms with van der Waals surface area (Å²) in [6, 6.07) is 16.2. The minimum Gasteiger partial charge on any atom is -0.491 e. The summed E-state index contributed by atoms with van der Waals surface area (Å²) in [4.78, 5) is 13.3. The molecule has 1 aliphatic carbocycles. The minimum absolute atomic E-state index is 0.0259. The number of nitrogens with zero attached hydrogens (tertiary/aromatic N) is 1. The van der Waals surface area contributed by atoms with E-state index in [1.54, 1.807) is 18.2 Å². The van der Waals surface area contributed by atoms with Crippen LogP contribution in [-0.2, 0) is 11.2 Å². The van der Waals surface area contributed by atoms with Crippen LogP contribution in [0.1, 0.15) is 42.7 Å². The zero-order chi connectivity index (χ0) is 20.9. The fourth-order valence-corrected chi connectivity index (χ4v) is 4.98. The standard InChI is InChI=1S/C25H30ClNO3/c26-23-15-19(16-25(28)29)6-7-24(23)30-13-12-27-10-8-18(9-11-27)14-21-17-22(21)20-4-2-1-3-5-20/h1-7,15,18,21-22H,8-14,16-17H2,(H,28,29)/t21-,22+/m1/s1. The third-order valence-corrected chi connectivity index (χ3v) is 6.81. The molecule has 160 valence electrons. The van der Waals surface area contributed by atoms with Crippen LogP contribution < -0.4 is 4.74 Å². The van der Waals surface area contributed by atoms with Gasteiger partial charge in [-0.25, -0.2) is 0 Å². The minimum atomic E-state index is -0.861. The van der Waals surface area contributed by atoms with Gasteiger partial charge in [0.15, 0.2) is 0 Å². The van der Waals surface area contributed by atoms with Crippen LogP contribution in [0, 0.1) is 11.8 Å². The molecule has 30 heavy (non-hydrogen) atoms. The molecule has 1 saturated carbocycles. The summed E-state index contributed by atoms with van der Waals surface area (Å²) >= 11 is 6.23. The number of rotatable bonds is 9. The van der Waals surface area contributed by atoms with Gasteiger partial charge in [-0.2, -0.15) is 0 Å². The number of carboxylic acids is 1. The first-order valence-electron chi connectivity index (χ1n) is 11.0. The molecule has 0 aromatic heterocycles. The zero-order valence-corrected chi connectivity index (χ0v) is 18.1. The Labute approximate surface area is 183 Å². The van der Waals surface area contributed by atoms with Crippen molar-refractivity contribution < 1.29 is 14.6 Å². The summed E-state index contributed by atoms with van der Waals surface area (Å²) in [6.45, 7) is 3.78. The summed E-state index contributed by atoms with van der Waals surface area (Å²) < 4.78 is 5.84. The van der Waals surface area contributed by atoms with Crippen molar-refractivity contribution in [2.45, 2.75) is 38.0 Å². The molecule has 4 rings (SSSR count). The van der Waals surface area contributed by atoms with E-state index < -0.39 is 5.97 Å². The van der Waals surface area contributed by atoms with Crippen LogP contribution in [0.5, 0.6) is 5.75 Å². The number of hydrogen-bond donors (Lipinski definition) is 1. The molecule has 1 saturated heterocycles. The van der Waals surface area contributed by atoms with Crippen molar-refractivity contribution in [1.82, 2.24) is 4.90 Å². The molecule has 1 N–H and O–H groups in total. The van der Waals surface area contributed by atoms with Gasteiger partial charge >= 0.3 is 5.97 Å². The second kappa shape index (κ2) is 9.84. The molecule has 1 aliphatic heterocycles. The molecule has 0 spiro atoms. The van der Waals surface area contributed by atoms with Gasteiger partial charge in [0.25, 0.3) is 0 Å². The van der Waals surface area contributed by atoms with Crippen LogP contribution in [0.25, 0.3) is 0 Å². The largest absolute Gasteiger partial charge is 0.491 e. The van der Waals surface area contributed by atoms with Crippen molar-refractivity contribution in [3.8, 4) is 5.75 Å². The molecule has 0 amide bonds. The Kier molecular flexibility index (Phi) is 6.96. The van der Waals surface area contributed by atoms with E-state index in [-0.39, 0.29) is 6.42 Å². The second-order valence-electron chi connectivity index (χ2n) is 8.72. The van der Waals surface area contributed by atoms with Crippen molar-refractivity contribution in [3.63, 3.8) is 0 Å². The van der Waals surface area contributed by atoms with Crippen molar-refractivity contribution in [2.75, 3.05) is 26.2 Å². The lowest BCUT2D eigenvalue weighted by molar-refractivity contribution is -0.136. The Balaban J connectivity index is 1.14. The molecular weight excluding hydrogens is 398 g/mol. The summed E-state index contributed by atoms with van der Waals surface area (Å²) in [5, 5.41) is 9.35. The third-order valence-electron chi connectivity index (χ3n) is 6.51. The van der Waals surface area contributed by atoms with Gasteiger partial charge < -0.3 is 9.84 Å². The molecule has 0 unspecified atom stereocenters. The first kappa shape index (κ1) is 21.2. The molecule has 2 aliphatic rings. The van der Waals surface area contributed by atoms with Crippen LogP contribution in [0.2, 0.25) is 5.02 Å². The molecule has 0 bridgehead atoms. The van der Waals surface area contributed by atoms with E-state index in [2.05, 4.69) is 35.2 Å². The lowest BCUT2D eigenvalue weighted by Gasteiger charge is -2.32. The Hall–Kier alpha value is -2.04. The highest BCUT2D eigenvalue weighted by molar-refractivity contribution is 6.32. The van der Waals surface area contributed by atoms with Gasteiger partial charge in [-0.15, -0.1) is 0 Å². The number of benzene rings is 2. The Bertz CT molecular complexity index is 849. The number of aliphatic carboxylic acids is 1. The van der Waals surface area contributed by atoms with Crippen molar-refractivity contribution in [1.29, 1.82) is 0 Å². The average Bonchev–Trinajstić information content (AvgIpc) is 3.50. The highest BCUT2D eigenvalue weighted by Gasteiger charge is 2.39. The molecule has 0 radical (unpaired) electrons. The van der Waals surface area contributed by atoms with E-state index in [9.17, 15) is 4.79 Å². The lowest BCUT2D eigenvalue weighted by Crippen LogP contribution is -2.36. The maximum absolute atomic E-state index is 10.8. The van der Waals surface area contributed by atoms with Crippen LogP contribution in [0.4, 0.5) is 0 Å². The number of hydrogen-bond acceptors (Lipinski definition) is 3. The van der Waals surface area contributed by atoms with E-state index in [1.807, 2.05) is 0 Å². The molecule has 5 heteroatoms. The number of ether oxygens (including phenoxy) is 1. The van der Waals surface area contributed by atoms with Gasteiger partial charge in [0.05, 0.1) is 11.4 Å². The molecule has 2 aromatic rings. The highest BCUT2D eigenvalue weighted by atomic mass is 35.5. The van der Waals surface area contributed by atoms with Crippen LogP contribution in [0.15, 0.2) is 48.5 Å². The Morgan fingerprint density at radius 3 is 2.60 bits per heavy atom. The molecule has 1 heterocycles. The fourth-order valence-electron chi connectivity index (χ4n) is 4.72. The Morgan fingerprint density at radius 2 is 1.90 bits per heavy atom. The highest BCUT2D eigenvalue weighted by Crippen LogP contribution is 2.51. The van der Waals surface area contributed by atoms with Crippen LogP contribution in [0.3, 0.4) is 0 Å². The molecule has 4 nitrogen and oxygen atoms in total. The molecular formula is C25H30ClNO3. The van der Waals surface area contributed by atoms with E-state index in [4.69, 9.17) is 21.4 Å². The monoisotopic (exact) mass is 427 g/mol. The summed E-state index contributed by atoms with van der Waals surface area (Å²) in [5.41, 5.74) is 2.21. The maximum atomic E-state index is 10.8. The number of piperidine rings is 1. The van der Waals surface area contributed by atoms with Crippen molar-refractivity contribution in [2.24, 2.45) is 11.8 Å². The van der Waals surface area contributed by atoms with E-state index in [1.165, 1.54) is 31.2 Å². The van der Waals surface area contributed by atoms with Gasteiger partial charge in [-0.3, -0.25) is 9.69 Å². The number of carbonyl (C=O) groups is 1. The predicted octanol–water partition coefficient (Wildman–Crippen LogP) is 5.25. The Morgan fingerprint density at radius 1 is 1.13 bits per heavy atom. The molecule has 2 aromatic carbocycles. The number of carboxylic acid groups (broad SMARTS) is 1. The van der Waals surface area contributed by atoms with Gasteiger partial charge in [0.2, 0.25) is 0 Å². The summed E-state index contributed by atoms with van der Waals surface area (Å²) in [5.74, 6) is 2.31. The number of halogens is 1. The number of likely N-dealkylation sites (tertiary alicyclic amines) is 1. The van der Waals surface area contributed by atoms with Crippen LogP contribution in [-0.4, -0.2) is 42.2 Å². The zero-order valence-electron chi connectivity index (χ0n) is 17.3. The summed E-state index contributed by atoms with van der Waals surface area (Å²) in [6.07, 6.45) is 5.28. The van der Waals surface area contributed by atoms with Gasteiger partial charge in [-0.05, 0) is 79.8 Å². The van der Waals surface area contributed by atoms with E-state index >= 15 is 0 Å². The van der Waals surface area contributed by atoms with Gasteiger partial charge in [-0.1, -0.05) is 48.0 Å². The van der Waals surface area contributed by atoms with Crippen molar-refractivity contribution in [3.05, 3.63) is 64.7 Å². The van der Waals surface area contributed by atoms with Crippen LogP contribution >= 0.6 is 11.6 Å². The molecule has 2 atom stereocenters. The van der Waals surface area contributed by atoms with E-state index in [0.717, 1.165) is 37.4 Å². The summed E-state index contributed by atoms with van der Waals surface area (Å²) in [7, 11) is 0. The van der Waals surface area contributed by atoms with Gasteiger partial charge in [0.1, 0.15) is 12.4 Å². The quantitative estimate of drug-likeness (QED) is 0.593. The van der Waals surface area contributed by atoms with E-state index in [0.29, 0.717) is 22.9 Å². The predicted molar refractivity (Wildman–Crippen MR) is 119 cm³/mol. The van der Waals surface area contributed by atoms with Gasteiger partial charge in [0, 0.05) is 6.54 Å². The second-order valence-corrected chi connectivity index (χ2v) is 9.12.